The molecule has 1 N–H and O–H groups in total. The van der Waals surface area contributed by atoms with Gasteiger partial charge in [-0.1, -0.05) is 6.42 Å². The number of aryl methyl sites for hydroxylation is 1. The Bertz CT molecular complexity index is 332. The molecule has 0 aromatic carbocycles. The molecule has 0 unspecified atom stereocenters. The zero-order valence-electron chi connectivity index (χ0n) is 8.38. The van der Waals surface area contributed by atoms with Crippen molar-refractivity contribution in [1.29, 1.82) is 0 Å². The van der Waals surface area contributed by atoms with Crippen LogP contribution < -0.4 is 5.32 Å². The van der Waals surface area contributed by atoms with Gasteiger partial charge in [-0.15, -0.1) is 11.3 Å². The summed E-state index contributed by atoms with van der Waals surface area (Å²) in [5.41, 5.74) is 1.35. The summed E-state index contributed by atoms with van der Waals surface area (Å²) in [7, 11) is 0. The van der Waals surface area contributed by atoms with Gasteiger partial charge in [0.05, 0.1) is 6.04 Å². The Balaban J connectivity index is 2.21. The van der Waals surface area contributed by atoms with Crippen molar-refractivity contribution in [2.45, 2.75) is 38.6 Å². The van der Waals surface area contributed by atoms with E-state index in [0.717, 1.165) is 6.42 Å². The van der Waals surface area contributed by atoms with Crippen LogP contribution in [0.1, 0.15) is 42.7 Å². The molecule has 0 radical (unpaired) electrons. The van der Waals surface area contributed by atoms with Gasteiger partial charge >= 0.3 is 0 Å². The van der Waals surface area contributed by atoms with Gasteiger partial charge in [0.15, 0.2) is 0 Å². The van der Waals surface area contributed by atoms with Gasteiger partial charge in [0.1, 0.15) is 0 Å². The van der Waals surface area contributed by atoms with Gasteiger partial charge in [-0.2, -0.15) is 0 Å². The van der Waals surface area contributed by atoms with Crippen LogP contribution in [-0.4, -0.2) is 5.91 Å². The summed E-state index contributed by atoms with van der Waals surface area (Å²) in [5, 5.41) is 5.16. The fourth-order valence-electron chi connectivity index (χ4n) is 2.05. The highest BCUT2D eigenvalue weighted by molar-refractivity contribution is 7.10. The summed E-state index contributed by atoms with van der Waals surface area (Å²) >= 11 is 1.82. The van der Waals surface area contributed by atoms with Gasteiger partial charge in [0, 0.05) is 11.8 Å². The first kappa shape index (κ1) is 9.71. The number of fused-ring (bicyclic) bond motifs is 1. The summed E-state index contributed by atoms with van der Waals surface area (Å²) in [5.74, 6) is 0.0778. The van der Waals surface area contributed by atoms with E-state index >= 15 is 0 Å². The number of rotatable bonds is 1. The van der Waals surface area contributed by atoms with Crippen molar-refractivity contribution in [3.05, 3.63) is 21.9 Å². The minimum absolute atomic E-state index is 0.0778. The molecular weight excluding hydrogens is 194 g/mol. The average Bonchev–Trinajstić information content (AvgIpc) is 2.51. The molecular formula is C11H15NOS. The minimum Gasteiger partial charge on any atom is -0.350 e. The highest BCUT2D eigenvalue weighted by atomic mass is 32.1. The second kappa shape index (κ2) is 4.13. The van der Waals surface area contributed by atoms with Gasteiger partial charge in [-0.3, -0.25) is 4.79 Å². The number of nitrogens with one attached hydrogen (secondary N) is 1. The van der Waals surface area contributed by atoms with Crippen LogP contribution >= 0.6 is 11.3 Å². The van der Waals surface area contributed by atoms with E-state index in [1.54, 1.807) is 6.92 Å². The summed E-state index contributed by atoms with van der Waals surface area (Å²) in [6.45, 7) is 1.59. The molecule has 0 spiro atoms. The van der Waals surface area contributed by atoms with Crippen LogP contribution in [0.2, 0.25) is 0 Å². The highest BCUT2D eigenvalue weighted by Crippen LogP contribution is 2.31. The monoisotopic (exact) mass is 209 g/mol. The maximum atomic E-state index is 11.0. The normalized spacial score (nSPS) is 21.1. The molecule has 1 amide bonds. The number of carbonyl (C=O) groups excluding carboxylic acids is 1. The molecule has 2 nitrogen and oxygen atoms in total. The number of hydrogen-bond acceptors (Lipinski definition) is 2. The van der Waals surface area contributed by atoms with Crippen molar-refractivity contribution in [3.8, 4) is 0 Å². The van der Waals surface area contributed by atoms with E-state index in [-0.39, 0.29) is 11.9 Å². The smallest absolute Gasteiger partial charge is 0.217 e. The quantitative estimate of drug-likeness (QED) is 0.708. The van der Waals surface area contributed by atoms with Crippen LogP contribution in [0.5, 0.6) is 0 Å². The van der Waals surface area contributed by atoms with Crippen molar-refractivity contribution in [1.82, 2.24) is 5.32 Å². The van der Waals surface area contributed by atoms with Crippen LogP contribution in [0.15, 0.2) is 11.4 Å². The standard InChI is InChI=1S/C11H15NOS/c1-8(13)12-10-4-2-3-5-11-9(10)6-7-14-11/h6-7,10H,2-5H2,1H3,(H,12,13)/t10-/m0/s1. The molecule has 1 aliphatic carbocycles. The van der Waals surface area contributed by atoms with Gasteiger partial charge in [-0.05, 0) is 36.3 Å². The lowest BCUT2D eigenvalue weighted by Gasteiger charge is -2.15. The van der Waals surface area contributed by atoms with E-state index in [0.29, 0.717) is 0 Å². The SMILES string of the molecule is CC(=O)N[C@H]1CCCCc2sccc21. The van der Waals surface area contributed by atoms with Crippen LogP contribution in [-0.2, 0) is 11.2 Å². The zero-order valence-corrected chi connectivity index (χ0v) is 9.19. The second-order valence-electron chi connectivity index (χ2n) is 3.80. The fraction of sp³-hybridized carbons (Fsp3) is 0.545. The highest BCUT2D eigenvalue weighted by Gasteiger charge is 2.19. The lowest BCUT2D eigenvalue weighted by Crippen LogP contribution is -2.25. The Morgan fingerprint density at radius 1 is 1.57 bits per heavy atom. The Hall–Kier alpha value is -0.830. The first-order valence-corrected chi connectivity index (χ1v) is 5.98. The topological polar surface area (TPSA) is 29.1 Å². The number of thiophene rings is 1. The van der Waals surface area contributed by atoms with E-state index in [4.69, 9.17) is 0 Å². The number of amides is 1. The summed E-state index contributed by atoms with van der Waals surface area (Å²) < 4.78 is 0. The summed E-state index contributed by atoms with van der Waals surface area (Å²) in [6, 6.07) is 2.42. The van der Waals surface area contributed by atoms with Crippen molar-refractivity contribution in [2.24, 2.45) is 0 Å². The zero-order chi connectivity index (χ0) is 9.97. The average molecular weight is 209 g/mol. The molecule has 2 rings (SSSR count). The van der Waals surface area contributed by atoms with Gasteiger partial charge in [0.2, 0.25) is 5.91 Å². The van der Waals surface area contributed by atoms with Gasteiger partial charge < -0.3 is 5.32 Å². The largest absolute Gasteiger partial charge is 0.350 e. The van der Waals surface area contributed by atoms with Crippen molar-refractivity contribution < 1.29 is 4.79 Å². The molecule has 1 aromatic heterocycles. The molecule has 0 aliphatic heterocycles. The molecule has 14 heavy (non-hydrogen) atoms. The lowest BCUT2D eigenvalue weighted by molar-refractivity contribution is -0.119. The first-order chi connectivity index (χ1) is 6.77. The van der Waals surface area contributed by atoms with Crippen LogP contribution in [0.3, 0.4) is 0 Å². The molecule has 1 aromatic rings. The predicted molar refractivity (Wildman–Crippen MR) is 58.4 cm³/mol. The number of carbonyl (C=O) groups is 1. The first-order valence-electron chi connectivity index (χ1n) is 5.11. The molecule has 0 fully saturated rings. The van der Waals surface area contributed by atoms with E-state index in [1.807, 2.05) is 11.3 Å². The second-order valence-corrected chi connectivity index (χ2v) is 4.80. The van der Waals surface area contributed by atoms with E-state index < -0.39 is 0 Å². The Kier molecular flexibility index (Phi) is 2.87. The van der Waals surface area contributed by atoms with E-state index in [2.05, 4.69) is 16.8 Å². The maximum absolute atomic E-state index is 11.0. The maximum Gasteiger partial charge on any atom is 0.217 e. The summed E-state index contributed by atoms with van der Waals surface area (Å²) in [4.78, 5) is 12.5. The van der Waals surface area contributed by atoms with Crippen molar-refractivity contribution in [3.63, 3.8) is 0 Å². The molecule has 0 bridgehead atoms. The fourth-order valence-corrected chi connectivity index (χ4v) is 3.04. The Morgan fingerprint density at radius 3 is 3.21 bits per heavy atom. The Morgan fingerprint density at radius 2 is 2.43 bits per heavy atom. The van der Waals surface area contributed by atoms with Gasteiger partial charge in [-0.25, -0.2) is 0 Å². The van der Waals surface area contributed by atoms with E-state index in [1.165, 1.54) is 29.7 Å². The molecule has 0 saturated carbocycles. The predicted octanol–water partition coefficient (Wildman–Crippen LogP) is 2.65. The third kappa shape index (κ3) is 1.98. The minimum atomic E-state index is 0.0778. The van der Waals surface area contributed by atoms with Crippen molar-refractivity contribution >= 4 is 17.2 Å². The molecule has 76 valence electrons. The van der Waals surface area contributed by atoms with Crippen LogP contribution in [0.25, 0.3) is 0 Å². The molecule has 1 atom stereocenters. The van der Waals surface area contributed by atoms with Gasteiger partial charge in [0.25, 0.3) is 0 Å². The third-order valence-corrected chi connectivity index (χ3v) is 3.68. The van der Waals surface area contributed by atoms with Crippen molar-refractivity contribution in [2.75, 3.05) is 0 Å². The Labute approximate surface area is 88.3 Å². The molecule has 0 saturated heterocycles. The lowest BCUT2D eigenvalue weighted by atomic mass is 10.1. The molecule has 1 heterocycles. The molecule has 1 aliphatic rings. The van der Waals surface area contributed by atoms with Crippen LogP contribution in [0, 0.1) is 0 Å². The number of hydrogen-bond donors (Lipinski definition) is 1. The molecule has 3 heteroatoms. The van der Waals surface area contributed by atoms with E-state index in [9.17, 15) is 4.79 Å². The summed E-state index contributed by atoms with van der Waals surface area (Å²) in [6.07, 6.45) is 4.74. The third-order valence-electron chi connectivity index (χ3n) is 2.68. The van der Waals surface area contributed by atoms with Crippen LogP contribution in [0.4, 0.5) is 0 Å².